The van der Waals surface area contributed by atoms with Crippen molar-refractivity contribution in [1.82, 2.24) is 5.32 Å². The monoisotopic (exact) mass is 285 g/mol. The standard InChI is InChI=1S/C14H17F2NO3/c1-3-6-17-12(8-13(18)20-2)14(19)9-4-5-10(15)11(16)7-9/h4-5,7,12,17H,3,6,8H2,1-2H3. The molecular formula is C14H17F2NO3. The number of hydrogen-bond donors (Lipinski definition) is 1. The zero-order valence-electron chi connectivity index (χ0n) is 11.4. The van der Waals surface area contributed by atoms with Gasteiger partial charge in [0.25, 0.3) is 0 Å². The van der Waals surface area contributed by atoms with Gasteiger partial charge in [-0.3, -0.25) is 9.59 Å². The summed E-state index contributed by atoms with van der Waals surface area (Å²) in [5.74, 6) is -3.13. The molecule has 0 heterocycles. The molecule has 0 spiro atoms. The van der Waals surface area contributed by atoms with Gasteiger partial charge in [-0.25, -0.2) is 8.78 Å². The molecule has 0 saturated heterocycles. The SMILES string of the molecule is CCCNC(CC(=O)OC)C(=O)c1ccc(F)c(F)c1. The van der Waals surface area contributed by atoms with Gasteiger partial charge in [-0.05, 0) is 31.2 Å². The first-order chi connectivity index (χ1) is 9.49. The van der Waals surface area contributed by atoms with Gasteiger partial charge in [0.15, 0.2) is 17.4 Å². The molecule has 110 valence electrons. The van der Waals surface area contributed by atoms with Crippen molar-refractivity contribution < 1.29 is 23.1 Å². The van der Waals surface area contributed by atoms with Crippen LogP contribution in [0.15, 0.2) is 18.2 Å². The van der Waals surface area contributed by atoms with Gasteiger partial charge in [-0.1, -0.05) is 6.92 Å². The maximum Gasteiger partial charge on any atom is 0.307 e. The zero-order chi connectivity index (χ0) is 15.1. The van der Waals surface area contributed by atoms with Crippen LogP contribution < -0.4 is 5.32 Å². The number of Topliss-reactive ketones (excluding diaryl/α,β-unsaturated/α-hetero) is 1. The summed E-state index contributed by atoms with van der Waals surface area (Å²) >= 11 is 0. The Hall–Kier alpha value is -1.82. The van der Waals surface area contributed by atoms with Gasteiger partial charge in [0.05, 0.1) is 19.6 Å². The number of nitrogens with one attached hydrogen (secondary N) is 1. The molecule has 0 aromatic heterocycles. The van der Waals surface area contributed by atoms with E-state index in [1.807, 2.05) is 6.92 Å². The van der Waals surface area contributed by atoms with Crippen molar-refractivity contribution in [2.75, 3.05) is 13.7 Å². The summed E-state index contributed by atoms with van der Waals surface area (Å²) in [7, 11) is 1.22. The van der Waals surface area contributed by atoms with E-state index in [0.29, 0.717) is 6.54 Å². The van der Waals surface area contributed by atoms with E-state index < -0.39 is 29.4 Å². The topological polar surface area (TPSA) is 55.4 Å². The second-order valence-corrected chi connectivity index (χ2v) is 4.28. The molecule has 20 heavy (non-hydrogen) atoms. The van der Waals surface area contributed by atoms with Crippen LogP contribution in [0.3, 0.4) is 0 Å². The highest BCUT2D eigenvalue weighted by atomic mass is 19.2. The lowest BCUT2D eigenvalue weighted by atomic mass is 10.0. The third-order valence-electron chi connectivity index (χ3n) is 2.76. The first-order valence-electron chi connectivity index (χ1n) is 6.29. The van der Waals surface area contributed by atoms with Crippen molar-refractivity contribution in [3.05, 3.63) is 35.4 Å². The number of ether oxygens (including phenoxy) is 1. The average Bonchev–Trinajstić information content (AvgIpc) is 2.45. The molecule has 0 saturated carbocycles. The number of carbonyl (C=O) groups excluding carboxylic acids is 2. The highest BCUT2D eigenvalue weighted by Gasteiger charge is 2.23. The van der Waals surface area contributed by atoms with E-state index in [0.717, 1.165) is 18.6 Å². The van der Waals surface area contributed by atoms with Crippen LogP contribution in [0.25, 0.3) is 0 Å². The summed E-state index contributed by atoms with van der Waals surface area (Å²) in [5.41, 5.74) is 0.0152. The molecule has 1 N–H and O–H groups in total. The first kappa shape index (κ1) is 16.2. The maximum atomic E-state index is 13.1. The summed E-state index contributed by atoms with van der Waals surface area (Å²) in [4.78, 5) is 23.5. The van der Waals surface area contributed by atoms with E-state index in [-0.39, 0.29) is 12.0 Å². The Balaban J connectivity index is 2.90. The lowest BCUT2D eigenvalue weighted by molar-refractivity contribution is -0.140. The number of benzene rings is 1. The minimum Gasteiger partial charge on any atom is -0.469 e. The van der Waals surface area contributed by atoms with Gasteiger partial charge in [-0.15, -0.1) is 0 Å². The Morgan fingerprint density at radius 3 is 2.55 bits per heavy atom. The van der Waals surface area contributed by atoms with Gasteiger partial charge < -0.3 is 10.1 Å². The van der Waals surface area contributed by atoms with Crippen molar-refractivity contribution in [3.8, 4) is 0 Å². The smallest absolute Gasteiger partial charge is 0.307 e. The fourth-order valence-corrected chi connectivity index (χ4v) is 1.68. The summed E-state index contributed by atoms with van der Waals surface area (Å²) in [6.45, 7) is 2.43. The Morgan fingerprint density at radius 1 is 1.30 bits per heavy atom. The fraction of sp³-hybridized carbons (Fsp3) is 0.429. The number of halogens is 2. The third kappa shape index (κ3) is 4.38. The molecule has 0 fully saturated rings. The molecule has 1 aromatic rings. The molecule has 6 heteroatoms. The van der Waals surface area contributed by atoms with Gasteiger partial charge in [0.1, 0.15) is 0 Å². The molecule has 0 aliphatic carbocycles. The summed E-state index contributed by atoms with van der Waals surface area (Å²) < 4.78 is 30.5. The molecule has 0 bridgehead atoms. The highest BCUT2D eigenvalue weighted by Crippen LogP contribution is 2.12. The van der Waals surface area contributed by atoms with Crippen LogP contribution in [0.4, 0.5) is 8.78 Å². The summed E-state index contributed by atoms with van der Waals surface area (Å²) in [5, 5.41) is 2.90. The van der Waals surface area contributed by atoms with Gasteiger partial charge in [0, 0.05) is 5.56 Å². The molecule has 0 radical (unpaired) electrons. The van der Waals surface area contributed by atoms with Crippen molar-refractivity contribution in [3.63, 3.8) is 0 Å². The molecule has 4 nitrogen and oxygen atoms in total. The number of hydrogen-bond acceptors (Lipinski definition) is 4. The molecular weight excluding hydrogens is 268 g/mol. The van der Waals surface area contributed by atoms with Gasteiger partial charge in [-0.2, -0.15) is 0 Å². The van der Waals surface area contributed by atoms with Crippen LogP contribution in [-0.2, 0) is 9.53 Å². The van der Waals surface area contributed by atoms with E-state index in [9.17, 15) is 18.4 Å². The minimum atomic E-state index is -1.09. The number of rotatable bonds is 7. The highest BCUT2D eigenvalue weighted by molar-refractivity contribution is 6.01. The molecule has 1 unspecified atom stereocenters. The quantitative estimate of drug-likeness (QED) is 0.615. The average molecular weight is 285 g/mol. The second-order valence-electron chi connectivity index (χ2n) is 4.28. The van der Waals surface area contributed by atoms with Crippen molar-refractivity contribution in [2.24, 2.45) is 0 Å². The number of carbonyl (C=O) groups is 2. The Labute approximate surface area is 116 Å². The Kier molecular flexibility index (Phi) is 6.24. The van der Waals surface area contributed by atoms with E-state index in [4.69, 9.17) is 0 Å². The first-order valence-corrected chi connectivity index (χ1v) is 6.29. The number of ketones is 1. The Bertz CT molecular complexity index is 491. The van der Waals surface area contributed by atoms with Gasteiger partial charge in [0.2, 0.25) is 0 Å². The zero-order valence-corrected chi connectivity index (χ0v) is 11.4. The largest absolute Gasteiger partial charge is 0.469 e. The van der Waals surface area contributed by atoms with Gasteiger partial charge >= 0.3 is 5.97 Å². The van der Waals surface area contributed by atoms with Crippen molar-refractivity contribution in [1.29, 1.82) is 0 Å². The molecule has 0 aliphatic rings. The normalized spacial score (nSPS) is 12.0. The third-order valence-corrected chi connectivity index (χ3v) is 2.76. The van der Waals surface area contributed by atoms with E-state index in [1.54, 1.807) is 0 Å². The van der Waals surface area contributed by atoms with Crippen LogP contribution in [0.2, 0.25) is 0 Å². The Morgan fingerprint density at radius 2 is 2.00 bits per heavy atom. The molecule has 1 aromatic carbocycles. The van der Waals surface area contributed by atoms with Crippen LogP contribution in [0.5, 0.6) is 0 Å². The van der Waals surface area contributed by atoms with E-state index in [1.165, 1.54) is 13.2 Å². The summed E-state index contributed by atoms with van der Waals surface area (Å²) in [6.07, 6.45) is 0.608. The minimum absolute atomic E-state index is 0.0152. The lowest BCUT2D eigenvalue weighted by Crippen LogP contribution is -2.39. The lowest BCUT2D eigenvalue weighted by Gasteiger charge is -2.16. The number of methoxy groups -OCH3 is 1. The van der Waals surface area contributed by atoms with Crippen LogP contribution in [-0.4, -0.2) is 31.4 Å². The van der Waals surface area contributed by atoms with Crippen LogP contribution >= 0.6 is 0 Å². The van der Waals surface area contributed by atoms with Crippen molar-refractivity contribution in [2.45, 2.75) is 25.8 Å². The molecule has 0 amide bonds. The van der Waals surface area contributed by atoms with E-state index >= 15 is 0 Å². The summed E-state index contributed by atoms with van der Waals surface area (Å²) in [6, 6.07) is 2.10. The van der Waals surface area contributed by atoms with Crippen LogP contribution in [0.1, 0.15) is 30.1 Å². The molecule has 1 rings (SSSR count). The second kappa shape index (κ2) is 7.69. The van der Waals surface area contributed by atoms with Crippen molar-refractivity contribution >= 4 is 11.8 Å². The molecule has 1 atom stereocenters. The molecule has 0 aliphatic heterocycles. The fourth-order valence-electron chi connectivity index (χ4n) is 1.68. The number of esters is 1. The van der Waals surface area contributed by atoms with Crippen LogP contribution in [0, 0.1) is 11.6 Å². The van der Waals surface area contributed by atoms with E-state index in [2.05, 4.69) is 10.1 Å². The maximum absolute atomic E-state index is 13.1. The predicted molar refractivity (Wildman–Crippen MR) is 69.4 cm³/mol. The predicted octanol–water partition coefficient (Wildman–Crippen LogP) is 2.08.